The predicted octanol–water partition coefficient (Wildman–Crippen LogP) is 3.74. The van der Waals surface area contributed by atoms with Crippen LogP contribution >= 0.6 is 0 Å². The summed E-state index contributed by atoms with van der Waals surface area (Å²) in [5, 5.41) is 6.17. The van der Waals surface area contributed by atoms with Crippen LogP contribution in [0.2, 0.25) is 0 Å². The van der Waals surface area contributed by atoms with Gasteiger partial charge in [-0.1, -0.05) is 0 Å². The van der Waals surface area contributed by atoms with Crippen molar-refractivity contribution in [2.45, 2.75) is 19.3 Å². The molecule has 27 heavy (non-hydrogen) atoms. The molecule has 0 radical (unpaired) electrons. The van der Waals surface area contributed by atoms with Gasteiger partial charge in [-0.05, 0) is 49.2 Å². The fraction of sp³-hybridized carbons (Fsp3) is 0.381. The fourth-order valence-corrected chi connectivity index (χ4v) is 3.22. The number of nitrogens with one attached hydrogen (secondary N) is 2. The van der Waals surface area contributed by atoms with Crippen LogP contribution in [0, 0.1) is 0 Å². The Balaban J connectivity index is 1.48. The van der Waals surface area contributed by atoms with Crippen LogP contribution in [0.5, 0.6) is 11.5 Å². The number of carbonyl (C=O) groups excluding carboxylic acids is 1. The van der Waals surface area contributed by atoms with Gasteiger partial charge < -0.3 is 25.0 Å². The number of ether oxygens (including phenoxy) is 2. The van der Waals surface area contributed by atoms with Crippen LogP contribution in [-0.2, 0) is 4.79 Å². The zero-order valence-electron chi connectivity index (χ0n) is 16.0. The molecule has 0 aliphatic carbocycles. The summed E-state index contributed by atoms with van der Waals surface area (Å²) in [5.41, 5.74) is 2.85. The summed E-state index contributed by atoms with van der Waals surface area (Å²) in [5.74, 6) is 1.42. The Morgan fingerprint density at radius 3 is 2.44 bits per heavy atom. The molecule has 1 saturated heterocycles. The highest BCUT2D eigenvalue weighted by molar-refractivity contribution is 5.91. The number of carbonyl (C=O) groups is 1. The summed E-state index contributed by atoms with van der Waals surface area (Å²) in [4.78, 5) is 14.6. The maximum atomic E-state index is 12.2. The Morgan fingerprint density at radius 1 is 1.04 bits per heavy atom. The van der Waals surface area contributed by atoms with Crippen LogP contribution in [0.4, 0.5) is 17.1 Å². The van der Waals surface area contributed by atoms with E-state index in [0.717, 1.165) is 30.2 Å². The SMILES string of the molecule is COc1ccc(OC)c(NCCC(=O)Nc2ccc(N3CCCC3)cc2)c1. The number of hydrogen-bond acceptors (Lipinski definition) is 5. The van der Waals surface area contributed by atoms with E-state index in [2.05, 4.69) is 27.7 Å². The largest absolute Gasteiger partial charge is 0.497 e. The second-order valence-corrected chi connectivity index (χ2v) is 6.53. The molecule has 0 saturated carbocycles. The molecular formula is C21H27N3O3. The maximum absolute atomic E-state index is 12.2. The normalized spacial score (nSPS) is 13.3. The first-order chi connectivity index (χ1) is 13.2. The Kier molecular flexibility index (Phi) is 6.41. The van der Waals surface area contributed by atoms with Crippen molar-refractivity contribution < 1.29 is 14.3 Å². The second kappa shape index (κ2) is 9.16. The van der Waals surface area contributed by atoms with Gasteiger partial charge in [0, 0.05) is 43.5 Å². The molecule has 0 spiro atoms. The summed E-state index contributed by atoms with van der Waals surface area (Å²) < 4.78 is 10.6. The van der Waals surface area contributed by atoms with E-state index in [1.54, 1.807) is 14.2 Å². The van der Waals surface area contributed by atoms with E-state index < -0.39 is 0 Å². The van der Waals surface area contributed by atoms with Gasteiger partial charge in [-0.2, -0.15) is 0 Å². The summed E-state index contributed by atoms with van der Waals surface area (Å²) >= 11 is 0. The van der Waals surface area contributed by atoms with Crippen LogP contribution < -0.4 is 25.0 Å². The molecule has 1 aliphatic rings. The number of anilines is 3. The Labute approximate surface area is 160 Å². The van der Waals surface area contributed by atoms with E-state index in [1.807, 2.05) is 30.3 Å². The van der Waals surface area contributed by atoms with Gasteiger partial charge in [-0.25, -0.2) is 0 Å². The van der Waals surface area contributed by atoms with Crippen molar-refractivity contribution in [3.8, 4) is 11.5 Å². The maximum Gasteiger partial charge on any atom is 0.226 e. The van der Waals surface area contributed by atoms with E-state index in [1.165, 1.54) is 18.5 Å². The summed E-state index contributed by atoms with van der Waals surface area (Å²) in [7, 11) is 3.24. The molecule has 1 fully saturated rings. The van der Waals surface area contributed by atoms with Gasteiger partial charge in [-0.15, -0.1) is 0 Å². The van der Waals surface area contributed by atoms with Crippen molar-refractivity contribution >= 4 is 23.0 Å². The Morgan fingerprint density at radius 2 is 1.78 bits per heavy atom. The molecule has 2 N–H and O–H groups in total. The lowest BCUT2D eigenvalue weighted by Gasteiger charge is -2.17. The van der Waals surface area contributed by atoms with Crippen molar-refractivity contribution in [2.75, 3.05) is 49.4 Å². The first-order valence-corrected chi connectivity index (χ1v) is 9.30. The number of rotatable bonds is 8. The van der Waals surface area contributed by atoms with Crippen molar-refractivity contribution in [1.29, 1.82) is 0 Å². The van der Waals surface area contributed by atoms with Gasteiger partial charge >= 0.3 is 0 Å². The van der Waals surface area contributed by atoms with Gasteiger partial charge in [0.15, 0.2) is 0 Å². The molecule has 0 atom stereocenters. The van der Waals surface area contributed by atoms with Gasteiger partial charge in [0.2, 0.25) is 5.91 Å². The van der Waals surface area contributed by atoms with E-state index in [9.17, 15) is 4.79 Å². The zero-order chi connectivity index (χ0) is 19.1. The molecule has 0 bridgehead atoms. The molecule has 3 rings (SSSR count). The lowest BCUT2D eigenvalue weighted by Crippen LogP contribution is -2.18. The van der Waals surface area contributed by atoms with Crippen molar-refractivity contribution in [3.63, 3.8) is 0 Å². The molecule has 0 unspecified atom stereocenters. The molecule has 0 aromatic heterocycles. The smallest absolute Gasteiger partial charge is 0.226 e. The third kappa shape index (κ3) is 5.06. The quantitative estimate of drug-likeness (QED) is 0.742. The number of benzene rings is 2. The lowest BCUT2D eigenvalue weighted by atomic mass is 10.2. The summed E-state index contributed by atoms with van der Waals surface area (Å²) in [6.45, 7) is 2.73. The summed E-state index contributed by atoms with van der Waals surface area (Å²) in [6, 6.07) is 13.6. The standard InChI is InChI=1S/C21H27N3O3/c1-26-18-9-10-20(27-2)19(15-18)22-12-11-21(25)23-16-5-7-17(8-6-16)24-13-3-4-14-24/h5-10,15,22H,3-4,11-14H2,1-2H3,(H,23,25). The van der Waals surface area contributed by atoms with E-state index in [0.29, 0.717) is 18.7 Å². The summed E-state index contributed by atoms with van der Waals surface area (Å²) in [6.07, 6.45) is 2.86. The van der Waals surface area contributed by atoms with E-state index >= 15 is 0 Å². The Bertz CT molecular complexity index is 756. The van der Waals surface area contributed by atoms with Crippen molar-refractivity contribution in [3.05, 3.63) is 42.5 Å². The number of amides is 1. The molecule has 2 aromatic rings. The van der Waals surface area contributed by atoms with Crippen LogP contribution in [0.25, 0.3) is 0 Å². The topological polar surface area (TPSA) is 62.8 Å². The predicted molar refractivity (Wildman–Crippen MR) is 109 cm³/mol. The molecule has 6 heteroatoms. The minimum absolute atomic E-state index is 0.0294. The second-order valence-electron chi connectivity index (χ2n) is 6.53. The van der Waals surface area contributed by atoms with Crippen LogP contribution in [0.1, 0.15) is 19.3 Å². The first kappa shape index (κ1) is 18.9. The highest BCUT2D eigenvalue weighted by Gasteiger charge is 2.12. The molecule has 1 amide bonds. The average Bonchev–Trinajstić information content (AvgIpc) is 3.23. The molecule has 1 aliphatic heterocycles. The van der Waals surface area contributed by atoms with Gasteiger partial charge in [-0.3, -0.25) is 4.79 Å². The number of methoxy groups -OCH3 is 2. The van der Waals surface area contributed by atoms with Crippen molar-refractivity contribution in [2.24, 2.45) is 0 Å². The lowest BCUT2D eigenvalue weighted by molar-refractivity contribution is -0.115. The molecule has 6 nitrogen and oxygen atoms in total. The van der Waals surface area contributed by atoms with Crippen LogP contribution in [-0.4, -0.2) is 39.8 Å². The first-order valence-electron chi connectivity index (χ1n) is 9.30. The minimum atomic E-state index is -0.0294. The molecule has 144 valence electrons. The number of hydrogen-bond donors (Lipinski definition) is 2. The van der Waals surface area contributed by atoms with Crippen LogP contribution in [0.15, 0.2) is 42.5 Å². The Hall–Kier alpha value is -2.89. The highest BCUT2D eigenvalue weighted by Crippen LogP contribution is 2.28. The minimum Gasteiger partial charge on any atom is -0.497 e. The number of nitrogens with zero attached hydrogens (tertiary/aromatic N) is 1. The molecule has 2 aromatic carbocycles. The monoisotopic (exact) mass is 369 g/mol. The van der Waals surface area contributed by atoms with Gasteiger partial charge in [0.25, 0.3) is 0 Å². The van der Waals surface area contributed by atoms with Crippen LogP contribution in [0.3, 0.4) is 0 Å². The molecular weight excluding hydrogens is 342 g/mol. The van der Waals surface area contributed by atoms with E-state index in [4.69, 9.17) is 9.47 Å². The van der Waals surface area contributed by atoms with Crippen molar-refractivity contribution in [1.82, 2.24) is 0 Å². The van der Waals surface area contributed by atoms with Gasteiger partial charge in [0.05, 0.1) is 19.9 Å². The highest BCUT2D eigenvalue weighted by atomic mass is 16.5. The third-order valence-corrected chi connectivity index (χ3v) is 4.70. The fourth-order valence-electron chi connectivity index (χ4n) is 3.22. The van der Waals surface area contributed by atoms with E-state index in [-0.39, 0.29) is 5.91 Å². The molecule has 1 heterocycles. The third-order valence-electron chi connectivity index (χ3n) is 4.70. The van der Waals surface area contributed by atoms with Gasteiger partial charge in [0.1, 0.15) is 11.5 Å². The zero-order valence-corrected chi connectivity index (χ0v) is 16.0. The average molecular weight is 369 g/mol.